The zero-order valence-electron chi connectivity index (χ0n) is 17.6. The van der Waals surface area contributed by atoms with Crippen molar-refractivity contribution in [1.29, 1.82) is 5.26 Å². The first-order valence-corrected chi connectivity index (χ1v) is 10.6. The highest BCUT2D eigenvalue weighted by atomic mass is 19.4. The average Bonchev–Trinajstić information content (AvgIpc) is 3.56. The third kappa shape index (κ3) is 5.05. The van der Waals surface area contributed by atoms with Gasteiger partial charge in [0.05, 0.1) is 17.0 Å². The number of nitriles is 1. The van der Waals surface area contributed by atoms with Crippen molar-refractivity contribution in [2.45, 2.75) is 63.7 Å². The Morgan fingerprint density at radius 1 is 1.00 bits per heavy atom. The first kappa shape index (κ1) is 22.4. The van der Waals surface area contributed by atoms with Gasteiger partial charge in [-0.1, -0.05) is 48.5 Å². The molecule has 1 saturated carbocycles. The van der Waals surface area contributed by atoms with Gasteiger partial charge in [0.1, 0.15) is 0 Å². The fraction of sp³-hybridized carbons (Fsp3) is 0.480. The summed E-state index contributed by atoms with van der Waals surface area (Å²) in [7, 11) is 0. The summed E-state index contributed by atoms with van der Waals surface area (Å²) in [5.41, 5.74) is -0.367. The van der Waals surface area contributed by atoms with Gasteiger partial charge in [0.15, 0.2) is 0 Å². The maximum atomic E-state index is 13.7. The van der Waals surface area contributed by atoms with Crippen LogP contribution in [0.4, 0.5) is 13.2 Å². The molecule has 3 rings (SSSR count). The Morgan fingerprint density at radius 3 is 2.13 bits per heavy atom. The second-order valence-electron chi connectivity index (χ2n) is 8.55. The van der Waals surface area contributed by atoms with Gasteiger partial charge in [-0.25, -0.2) is 0 Å². The van der Waals surface area contributed by atoms with Crippen molar-refractivity contribution >= 4 is 0 Å². The van der Waals surface area contributed by atoms with Crippen LogP contribution >= 0.6 is 0 Å². The highest BCUT2D eigenvalue weighted by molar-refractivity contribution is 5.43. The minimum atomic E-state index is -4.45. The van der Waals surface area contributed by atoms with E-state index < -0.39 is 17.2 Å². The van der Waals surface area contributed by atoms with Gasteiger partial charge in [-0.2, -0.15) is 18.4 Å². The van der Waals surface area contributed by atoms with Gasteiger partial charge in [-0.3, -0.25) is 4.90 Å². The molecule has 0 aromatic heterocycles. The fourth-order valence-corrected chi connectivity index (χ4v) is 4.36. The molecule has 0 aliphatic heterocycles. The summed E-state index contributed by atoms with van der Waals surface area (Å²) in [6.45, 7) is 5.79. The molecule has 0 saturated heterocycles. The van der Waals surface area contributed by atoms with E-state index in [-0.39, 0.29) is 11.5 Å². The van der Waals surface area contributed by atoms with E-state index in [0.29, 0.717) is 18.9 Å². The van der Waals surface area contributed by atoms with Gasteiger partial charge >= 0.3 is 6.18 Å². The lowest BCUT2D eigenvalue weighted by Gasteiger charge is -2.32. The van der Waals surface area contributed by atoms with E-state index in [1.165, 1.54) is 17.7 Å². The second kappa shape index (κ2) is 9.22. The molecule has 0 heterocycles. The maximum Gasteiger partial charge on any atom is 0.416 e. The van der Waals surface area contributed by atoms with Crippen LogP contribution < -0.4 is 0 Å². The number of alkyl halides is 3. The largest absolute Gasteiger partial charge is 0.416 e. The van der Waals surface area contributed by atoms with Gasteiger partial charge in [-0.15, -0.1) is 0 Å². The van der Waals surface area contributed by atoms with E-state index in [4.69, 9.17) is 0 Å². The predicted octanol–water partition coefficient (Wildman–Crippen LogP) is 6.57. The number of hydrogen-bond acceptors (Lipinski definition) is 2. The predicted molar refractivity (Wildman–Crippen MR) is 113 cm³/mol. The molecule has 2 aromatic rings. The Bertz CT molecular complexity index is 866. The molecule has 0 N–H and O–H groups in total. The van der Waals surface area contributed by atoms with E-state index in [9.17, 15) is 18.4 Å². The zero-order valence-corrected chi connectivity index (χ0v) is 17.6. The van der Waals surface area contributed by atoms with Gasteiger partial charge in [0.2, 0.25) is 0 Å². The van der Waals surface area contributed by atoms with Crippen molar-refractivity contribution in [3.8, 4) is 6.07 Å². The molecular formula is C25H29F3N2. The molecule has 5 heteroatoms. The number of nitrogens with zero attached hydrogens (tertiary/aromatic N) is 2. The topological polar surface area (TPSA) is 27.0 Å². The van der Waals surface area contributed by atoms with Crippen LogP contribution in [0.2, 0.25) is 0 Å². The van der Waals surface area contributed by atoms with Crippen LogP contribution in [0.25, 0.3) is 0 Å². The van der Waals surface area contributed by atoms with Gasteiger partial charge < -0.3 is 0 Å². The van der Waals surface area contributed by atoms with E-state index in [1.807, 2.05) is 18.2 Å². The highest BCUT2D eigenvalue weighted by Gasteiger charge is 2.50. The molecule has 1 unspecified atom stereocenters. The molecule has 1 atom stereocenters. The summed E-state index contributed by atoms with van der Waals surface area (Å²) in [5, 5.41) is 10.1. The summed E-state index contributed by atoms with van der Waals surface area (Å²) in [4.78, 5) is 2.32. The molecular weight excluding hydrogens is 385 g/mol. The molecule has 0 bridgehead atoms. The molecule has 160 valence electrons. The Balaban J connectivity index is 1.79. The standard InChI is InChI=1S/C25H29F3N2/c1-19(2)30(17-20-9-4-3-5-10-20)16-8-15-24(18-29,21-13-14-21)22-11-6-7-12-23(22)25(26,27)28/h3-7,9-12,19,21H,8,13-17H2,1-2H3. The third-order valence-corrected chi connectivity index (χ3v) is 6.16. The minimum Gasteiger partial charge on any atom is -0.297 e. The van der Waals surface area contributed by atoms with Gasteiger partial charge in [-0.05, 0) is 69.2 Å². The Labute approximate surface area is 177 Å². The summed E-state index contributed by atoms with van der Waals surface area (Å²) in [6.07, 6.45) is -1.69. The lowest BCUT2D eigenvalue weighted by molar-refractivity contribution is -0.138. The number of halogens is 3. The summed E-state index contributed by atoms with van der Waals surface area (Å²) < 4.78 is 41.0. The van der Waals surface area contributed by atoms with Crippen molar-refractivity contribution in [3.63, 3.8) is 0 Å². The molecule has 1 aliphatic rings. The van der Waals surface area contributed by atoms with E-state index in [0.717, 1.165) is 32.0 Å². The third-order valence-electron chi connectivity index (χ3n) is 6.16. The van der Waals surface area contributed by atoms with Crippen molar-refractivity contribution in [3.05, 3.63) is 71.3 Å². The second-order valence-corrected chi connectivity index (χ2v) is 8.55. The van der Waals surface area contributed by atoms with Crippen LogP contribution in [0.5, 0.6) is 0 Å². The van der Waals surface area contributed by atoms with Crippen molar-refractivity contribution in [1.82, 2.24) is 4.90 Å². The smallest absolute Gasteiger partial charge is 0.297 e. The summed E-state index contributed by atoms with van der Waals surface area (Å²) >= 11 is 0. The van der Waals surface area contributed by atoms with E-state index >= 15 is 0 Å². The number of rotatable bonds is 9. The molecule has 2 aromatic carbocycles. The Hall–Kier alpha value is -2.32. The zero-order chi connectivity index (χ0) is 21.8. The van der Waals surface area contributed by atoms with Gasteiger partial charge in [0, 0.05) is 12.6 Å². The normalized spacial score (nSPS) is 16.5. The molecule has 0 radical (unpaired) electrons. The van der Waals surface area contributed by atoms with Crippen LogP contribution in [0, 0.1) is 17.2 Å². The average molecular weight is 415 g/mol. The molecule has 2 nitrogen and oxygen atoms in total. The van der Waals surface area contributed by atoms with Gasteiger partial charge in [0.25, 0.3) is 0 Å². The molecule has 30 heavy (non-hydrogen) atoms. The SMILES string of the molecule is CC(C)N(CCCC(C#N)(c1ccccc1C(F)(F)F)C1CC1)Cc1ccccc1. The Morgan fingerprint density at radius 2 is 1.60 bits per heavy atom. The molecule has 0 spiro atoms. The molecule has 0 amide bonds. The first-order valence-electron chi connectivity index (χ1n) is 10.6. The van der Waals surface area contributed by atoms with Crippen LogP contribution in [0.15, 0.2) is 54.6 Å². The van der Waals surface area contributed by atoms with Crippen LogP contribution in [0.1, 0.15) is 56.2 Å². The summed E-state index contributed by atoms with van der Waals surface area (Å²) in [5.74, 6) is 0.00706. The number of benzene rings is 2. The van der Waals surface area contributed by atoms with E-state index in [1.54, 1.807) is 6.07 Å². The maximum absolute atomic E-state index is 13.7. The molecule has 1 fully saturated rings. The highest BCUT2D eigenvalue weighted by Crippen LogP contribution is 2.52. The van der Waals surface area contributed by atoms with E-state index in [2.05, 4.69) is 36.9 Å². The van der Waals surface area contributed by atoms with Crippen molar-refractivity contribution in [2.75, 3.05) is 6.54 Å². The monoisotopic (exact) mass is 414 g/mol. The lowest BCUT2D eigenvalue weighted by Crippen LogP contribution is -2.34. The summed E-state index contributed by atoms with van der Waals surface area (Å²) in [6, 6.07) is 18.5. The quantitative estimate of drug-likeness (QED) is 0.464. The van der Waals surface area contributed by atoms with Crippen LogP contribution in [-0.2, 0) is 18.1 Å². The fourth-order valence-electron chi connectivity index (χ4n) is 4.36. The van der Waals surface area contributed by atoms with Crippen LogP contribution in [-0.4, -0.2) is 17.5 Å². The Kier molecular flexibility index (Phi) is 6.88. The van der Waals surface area contributed by atoms with Crippen LogP contribution in [0.3, 0.4) is 0 Å². The van der Waals surface area contributed by atoms with Crippen molar-refractivity contribution in [2.24, 2.45) is 5.92 Å². The first-order chi connectivity index (χ1) is 14.3. The minimum absolute atomic E-state index is 0.00706. The molecule has 1 aliphatic carbocycles. The lowest BCUT2D eigenvalue weighted by atomic mass is 9.72. The van der Waals surface area contributed by atoms with Crippen molar-refractivity contribution < 1.29 is 13.2 Å². The number of hydrogen-bond donors (Lipinski definition) is 0.